The van der Waals surface area contributed by atoms with Gasteiger partial charge in [-0.2, -0.15) is 0 Å². The van der Waals surface area contributed by atoms with E-state index in [2.05, 4.69) is 34.6 Å². The summed E-state index contributed by atoms with van der Waals surface area (Å²) in [4.78, 5) is 25.1. The first-order chi connectivity index (χ1) is 14.0. The lowest BCUT2D eigenvalue weighted by molar-refractivity contribution is -0.118. The molecule has 1 unspecified atom stereocenters. The minimum Gasteiger partial charge on any atom is -0.416 e. The number of thioether (sulfide) groups is 1. The van der Waals surface area contributed by atoms with Gasteiger partial charge in [0.2, 0.25) is 11.8 Å². The Morgan fingerprint density at radius 3 is 2.72 bits per heavy atom. The van der Waals surface area contributed by atoms with Crippen LogP contribution in [0.5, 0.6) is 0 Å². The van der Waals surface area contributed by atoms with Gasteiger partial charge in [-0.25, -0.2) is 0 Å². The van der Waals surface area contributed by atoms with Crippen molar-refractivity contribution in [2.75, 3.05) is 12.3 Å². The number of ketones is 1. The molecule has 152 valence electrons. The molecule has 2 heterocycles. The molecule has 6 nitrogen and oxygen atoms in total. The van der Waals surface area contributed by atoms with E-state index in [1.165, 1.54) is 35.6 Å². The molecule has 0 saturated heterocycles. The van der Waals surface area contributed by atoms with E-state index in [9.17, 15) is 9.59 Å². The highest BCUT2D eigenvalue weighted by Gasteiger charge is 2.15. The van der Waals surface area contributed by atoms with Crippen LogP contribution in [0.15, 0.2) is 52.1 Å². The predicted molar refractivity (Wildman–Crippen MR) is 115 cm³/mol. The summed E-state index contributed by atoms with van der Waals surface area (Å²) in [6.45, 7) is 4.19. The van der Waals surface area contributed by atoms with Crippen molar-refractivity contribution in [3.8, 4) is 0 Å². The summed E-state index contributed by atoms with van der Waals surface area (Å²) in [6.07, 6.45) is 1.38. The monoisotopic (exact) mass is 429 g/mol. The fraction of sp³-hybridized carbons (Fsp3) is 0.333. The van der Waals surface area contributed by atoms with Gasteiger partial charge in [0.05, 0.1) is 10.6 Å². The largest absolute Gasteiger partial charge is 0.416 e. The summed E-state index contributed by atoms with van der Waals surface area (Å²) >= 11 is 2.72. The Morgan fingerprint density at radius 2 is 1.97 bits per heavy atom. The number of nitrogens with one attached hydrogen (secondary N) is 1. The van der Waals surface area contributed by atoms with E-state index in [1.807, 2.05) is 30.3 Å². The summed E-state index contributed by atoms with van der Waals surface area (Å²) in [7, 11) is 0. The van der Waals surface area contributed by atoms with Crippen molar-refractivity contribution in [1.29, 1.82) is 0 Å². The Kier molecular flexibility index (Phi) is 7.60. The minimum absolute atomic E-state index is 0.0307. The third-order valence-corrected chi connectivity index (χ3v) is 6.31. The number of thiophene rings is 1. The zero-order chi connectivity index (χ0) is 20.6. The molecule has 0 aliphatic carbocycles. The third kappa shape index (κ3) is 6.54. The number of carbonyl (C=O) groups is 2. The van der Waals surface area contributed by atoms with Crippen LogP contribution in [0.1, 0.15) is 45.8 Å². The minimum atomic E-state index is -0.0497. The Morgan fingerprint density at radius 1 is 1.17 bits per heavy atom. The SMILES string of the molecule is CC(=O)NCCc1ccc(C(=O)CSc2nnc(CC(C)c3ccccc3)o2)s1. The van der Waals surface area contributed by atoms with E-state index in [1.54, 1.807) is 0 Å². The van der Waals surface area contributed by atoms with E-state index in [-0.39, 0.29) is 23.4 Å². The first kappa shape index (κ1) is 21.3. The van der Waals surface area contributed by atoms with Gasteiger partial charge >= 0.3 is 0 Å². The molecule has 29 heavy (non-hydrogen) atoms. The number of carbonyl (C=O) groups excluding carboxylic acids is 2. The molecule has 8 heteroatoms. The molecule has 0 fully saturated rings. The summed E-state index contributed by atoms with van der Waals surface area (Å²) < 4.78 is 5.69. The summed E-state index contributed by atoms with van der Waals surface area (Å²) in [6, 6.07) is 14.0. The van der Waals surface area contributed by atoms with Crippen molar-refractivity contribution in [1.82, 2.24) is 15.5 Å². The topological polar surface area (TPSA) is 85.1 Å². The molecule has 0 saturated carbocycles. The first-order valence-corrected chi connectivity index (χ1v) is 11.2. The van der Waals surface area contributed by atoms with Crippen molar-refractivity contribution >= 4 is 34.8 Å². The average Bonchev–Trinajstić information content (AvgIpc) is 3.36. The molecule has 3 rings (SSSR count). The van der Waals surface area contributed by atoms with Crippen LogP contribution in [0.2, 0.25) is 0 Å². The van der Waals surface area contributed by atoms with E-state index in [0.29, 0.717) is 29.0 Å². The average molecular weight is 430 g/mol. The van der Waals surface area contributed by atoms with Gasteiger partial charge in [0.25, 0.3) is 5.22 Å². The Labute approximate surface area is 178 Å². The van der Waals surface area contributed by atoms with Gasteiger partial charge in [0.1, 0.15) is 0 Å². The van der Waals surface area contributed by atoms with Crippen molar-refractivity contribution < 1.29 is 14.0 Å². The number of benzene rings is 1. The van der Waals surface area contributed by atoms with Crippen LogP contribution in [-0.4, -0.2) is 34.2 Å². The molecule has 1 N–H and O–H groups in total. The van der Waals surface area contributed by atoms with Gasteiger partial charge in [-0.1, -0.05) is 49.0 Å². The van der Waals surface area contributed by atoms with Gasteiger partial charge < -0.3 is 9.73 Å². The van der Waals surface area contributed by atoms with Crippen LogP contribution in [0.25, 0.3) is 0 Å². The maximum Gasteiger partial charge on any atom is 0.277 e. The standard InChI is InChI=1S/C21H23N3O3S2/c1-14(16-6-4-3-5-7-16)12-20-23-24-21(27-20)28-13-18(26)19-9-8-17(29-19)10-11-22-15(2)25/h3-9,14H,10-13H2,1-2H3,(H,22,25). The van der Waals surface area contributed by atoms with Gasteiger partial charge in [0.15, 0.2) is 5.78 Å². The second kappa shape index (κ2) is 10.4. The van der Waals surface area contributed by atoms with Crippen molar-refractivity contribution in [3.05, 3.63) is 63.7 Å². The molecular formula is C21H23N3O3S2. The number of nitrogens with zero attached hydrogens (tertiary/aromatic N) is 2. The molecule has 1 aromatic carbocycles. The van der Waals surface area contributed by atoms with Gasteiger partial charge in [-0.15, -0.1) is 21.5 Å². The molecule has 1 amide bonds. The molecular weight excluding hydrogens is 406 g/mol. The van der Waals surface area contributed by atoms with Crippen LogP contribution in [0.3, 0.4) is 0 Å². The van der Waals surface area contributed by atoms with Crippen molar-refractivity contribution in [3.63, 3.8) is 0 Å². The molecule has 0 aliphatic heterocycles. The zero-order valence-corrected chi connectivity index (χ0v) is 18.0. The molecule has 0 radical (unpaired) electrons. The molecule has 1 atom stereocenters. The van der Waals surface area contributed by atoms with E-state index < -0.39 is 0 Å². The Bertz CT molecular complexity index is 953. The van der Waals surface area contributed by atoms with Crippen LogP contribution in [0, 0.1) is 0 Å². The lowest BCUT2D eigenvalue weighted by Gasteiger charge is -2.08. The smallest absolute Gasteiger partial charge is 0.277 e. The van der Waals surface area contributed by atoms with Gasteiger partial charge in [0, 0.05) is 24.8 Å². The molecule has 3 aromatic rings. The van der Waals surface area contributed by atoms with Crippen LogP contribution >= 0.6 is 23.1 Å². The highest BCUT2D eigenvalue weighted by atomic mass is 32.2. The zero-order valence-electron chi connectivity index (χ0n) is 16.4. The number of aromatic nitrogens is 2. The maximum absolute atomic E-state index is 12.4. The van der Waals surface area contributed by atoms with Gasteiger partial charge in [-0.05, 0) is 30.0 Å². The number of Topliss-reactive ketones (excluding diaryl/α,β-unsaturated/α-hetero) is 1. The van der Waals surface area contributed by atoms with Crippen molar-refractivity contribution in [2.24, 2.45) is 0 Å². The number of rotatable bonds is 10. The maximum atomic E-state index is 12.4. The highest BCUT2D eigenvalue weighted by molar-refractivity contribution is 7.99. The van der Waals surface area contributed by atoms with E-state index >= 15 is 0 Å². The van der Waals surface area contributed by atoms with Crippen LogP contribution in [-0.2, 0) is 17.6 Å². The third-order valence-electron chi connectivity index (χ3n) is 4.31. The second-order valence-electron chi connectivity index (χ2n) is 6.69. The first-order valence-electron chi connectivity index (χ1n) is 9.37. The van der Waals surface area contributed by atoms with E-state index in [0.717, 1.165) is 11.3 Å². The summed E-state index contributed by atoms with van der Waals surface area (Å²) in [5.41, 5.74) is 1.22. The number of amides is 1. The van der Waals surface area contributed by atoms with E-state index in [4.69, 9.17) is 4.42 Å². The lowest BCUT2D eigenvalue weighted by atomic mass is 9.98. The van der Waals surface area contributed by atoms with Gasteiger partial charge in [-0.3, -0.25) is 9.59 Å². The fourth-order valence-corrected chi connectivity index (χ4v) is 4.46. The quantitative estimate of drug-likeness (QED) is 0.385. The Hall–Kier alpha value is -2.45. The van der Waals surface area contributed by atoms with Crippen LogP contribution < -0.4 is 5.32 Å². The predicted octanol–water partition coefficient (Wildman–Crippen LogP) is 4.13. The Balaban J connectivity index is 1.47. The van der Waals surface area contributed by atoms with Crippen LogP contribution in [0.4, 0.5) is 0 Å². The fourth-order valence-electron chi connectivity index (χ4n) is 2.76. The normalized spacial score (nSPS) is 11.9. The molecule has 0 aliphatic rings. The summed E-state index contributed by atoms with van der Waals surface area (Å²) in [5.74, 6) is 1.09. The van der Waals surface area contributed by atoms with Crippen molar-refractivity contribution in [2.45, 2.75) is 37.8 Å². The number of hydrogen-bond donors (Lipinski definition) is 1. The molecule has 0 spiro atoms. The molecule has 2 aromatic heterocycles. The summed E-state index contributed by atoms with van der Waals surface area (Å²) in [5, 5.41) is 11.3. The molecule has 0 bridgehead atoms. The highest BCUT2D eigenvalue weighted by Crippen LogP contribution is 2.24. The second-order valence-corrected chi connectivity index (χ2v) is 8.78. The lowest BCUT2D eigenvalue weighted by Crippen LogP contribution is -2.22. The number of hydrogen-bond acceptors (Lipinski definition) is 7.